The molecule has 92 valence electrons. The Morgan fingerprint density at radius 2 is 2.00 bits per heavy atom. The molecule has 0 radical (unpaired) electrons. The second-order valence-electron chi connectivity index (χ2n) is 4.83. The van der Waals surface area contributed by atoms with Crippen LogP contribution in [0.5, 0.6) is 0 Å². The molecule has 3 rings (SSSR count). The zero-order valence-corrected chi connectivity index (χ0v) is 10.8. The first-order valence-corrected chi connectivity index (χ1v) is 7.33. The molecule has 0 unspecified atom stereocenters. The summed E-state index contributed by atoms with van der Waals surface area (Å²) in [6.07, 6.45) is 7.72. The number of aliphatic imine (C=N–C) groups is 1. The smallest absolute Gasteiger partial charge is 0.142 e. The minimum absolute atomic E-state index is 0.615. The van der Waals surface area contributed by atoms with Crippen molar-refractivity contribution in [2.75, 3.05) is 13.1 Å². The molecule has 0 atom stereocenters. The van der Waals surface area contributed by atoms with E-state index in [1.807, 2.05) is 0 Å². The molecule has 1 aromatic rings. The summed E-state index contributed by atoms with van der Waals surface area (Å²) in [6, 6.07) is 0. The second kappa shape index (κ2) is 5.12. The zero-order valence-electron chi connectivity index (χ0n) is 9.98. The molecule has 1 saturated carbocycles. The highest BCUT2D eigenvalue weighted by molar-refractivity contribution is 7.08. The Bertz CT molecular complexity index is 406. The Balaban J connectivity index is 1.85. The van der Waals surface area contributed by atoms with Crippen molar-refractivity contribution in [1.82, 2.24) is 14.9 Å². The molecular formula is C12H18N4S. The monoisotopic (exact) mass is 250 g/mol. The van der Waals surface area contributed by atoms with Crippen molar-refractivity contribution in [3.8, 4) is 0 Å². The van der Waals surface area contributed by atoms with Gasteiger partial charge >= 0.3 is 0 Å². The lowest BCUT2D eigenvalue weighted by atomic mass is 9.86. The summed E-state index contributed by atoms with van der Waals surface area (Å²) in [7, 11) is 0. The first kappa shape index (κ1) is 11.1. The fourth-order valence-corrected chi connectivity index (χ4v) is 3.42. The highest BCUT2D eigenvalue weighted by Gasteiger charge is 2.24. The molecule has 0 saturated heterocycles. The highest BCUT2D eigenvalue weighted by atomic mass is 32.1. The average molecular weight is 250 g/mol. The Morgan fingerprint density at radius 3 is 2.76 bits per heavy atom. The van der Waals surface area contributed by atoms with E-state index in [4.69, 9.17) is 0 Å². The highest BCUT2D eigenvalue weighted by Crippen LogP contribution is 2.34. The molecule has 0 aromatic carbocycles. The van der Waals surface area contributed by atoms with E-state index < -0.39 is 0 Å². The van der Waals surface area contributed by atoms with E-state index >= 15 is 0 Å². The summed E-state index contributed by atoms with van der Waals surface area (Å²) >= 11 is 1.50. The lowest BCUT2D eigenvalue weighted by molar-refractivity contribution is 0.436. The van der Waals surface area contributed by atoms with Crippen molar-refractivity contribution in [2.45, 2.75) is 44.4 Å². The lowest BCUT2D eigenvalue weighted by Gasteiger charge is -2.21. The van der Waals surface area contributed by atoms with Crippen LogP contribution in [-0.4, -0.2) is 28.5 Å². The molecule has 1 aliphatic carbocycles. The largest absolute Gasteiger partial charge is 0.369 e. The zero-order chi connectivity index (χ0) is 11.5. The SMILES string of the molecule is C1CCC(c2nnsc2C2=NCCCN2)CC1. The Hall–Kier alpha value is -0.970. The summed E-state index contributed by atoms with van der Waals surface area (Å²) in [6.45, 7) is 1.96. The van der Waals surface area contributed by atoms with Crippen LogP contribution in [0.15, 0.2) is 4.99 Å². The maximum absolute atomic E-state index is 4.56. The van der Waals surface area contributed by atoms with Crippen LogP contribution >= 0.6 is 11.5 Å². The summed E-state index contributed by atoms with van der Waals surface area (Å²) in [5.74, 6) is 1.65. The number of amidine groups is 1. The number of aromatic nitrogens is 2. The van der Waals surface area contributed by atoms with Crippen LogP contribution in [0.3, 0.4) is 0 Å². The molecule has 0 amide bonds. The van der Waals surface area contributed by atoms with Crippen LogP contribution in [0.1, 0.15) is 55.0 Å². The van der Waals surface area contributed by atoms with E-state index in [-0.39, 0.29) is 0 Å². The van der Waals surface area contributed by atoms with Gasteiger partial charge in [-0.1, -0.05) is 23.8 Å². The van der Waals surface area contributed by atoms with Crippen molar-refractivity contribution in [3.63, 3.8) is 0 Å². The van der Waals surface area contributed by atoms with Crippen LogP contribution in [0.2, 0.25) is 0 Å². The molecule has 1 aromatic heterocycles. The molecule has 0 bridgehead atoms. The normalized spacial score (nSPS) is 22.0. The standard InChI is InChI=1S/C12H18N4S/c1-2-5-9(6-3-1)10-11(17-16-15-10)12-13-7-4-8-14-12/h9H,1-8H2,(H,13,14). The molecule has 0 spiro atoms. The molecular weight excluding hydrogens is 232 g/mol. The van der Waals surface area contributed by atoms with Crippen molar-refractivity contribution >= 4 is 17.4 Å². The van der Waals surface area contributed by atoms with Gasteiger partial charge in [-0.25, -0.2) is 0 Å². The average Bonchev–Trinajstić information content (AvgIpc) is 2.90. The Kier molecular flexibility index (Phi) is 3.36. The van der Waals surface area contributed by atoms with Crippen LogP contribution in [-0.2, 0) is 0 Å². The fraction of sp³-hybridized carbons (Fsp3) is 0.750. The topological polar surface area (TPSA) is 50.2 Å². The van der Waals surface area contributed by atoms with E-state index in [9.17, 15) is 0 Å². The minimum Gasteiger partial charge on any atom is -0.369 e. The molecule has 2 aliphatic rings. The third-order valence-electron chi connectivity index (χ3n) is 3.62. The van der Waals surface area contributed by atoms with Crippen molar-refractivity contribution < 1.29 is 0 Å². The van der Waals surface area contributed by atoms with Gasteiger partial charge in [0.25, 0.3) is 0 Å². The van der Waals surface area contributed by atoms with Crippen molar-refractivity contribution in [1.29, 1.82) is 0 Å². The van der Waals surface area contributed by atoms with Gasteiger partial charge in [-0.3, -0.25) is 4.99 Å². The van der Waals surface area contributed by atoms with Crippen molar-refractivity contribution in [2.24, 2.45) is 4.99 Å². The molecule has 1 fully saturated rings. The summed E-state index contributed by atoms with van der Waals surface area (Å²) in [5, 5.41) is 7.74. The summed E-state index contributed by atoms with van der Waals surface area (Å²) in [4.78, 5) is 5.75. The van der Waals surface area contributed by atoms with E-state index in [1.165, 1.54) is 54.2 Å². The summed E-state index contributed by atoms with van der Waals surface area (Å²) in [5.41, 5.74) is 1.20. The van der Waals surface area contributed by atoms with Crippen LogP contribution in [0.4, 0.5) is 0 Å². The fourth-order valence-electron chi connectivity index (χ4n) is 2.69. The van der Waals surface area contributed by atoms with Gasteiger partial charge in [-0.2, -0.15) is 0 Å². The first-order chi connectivity index (χ1) is 8.45. The number of nitrogens with zero attached hydrogens (tertiary/aromatic N) is 3. The van der Waals surface area contributed by atoms with Gasteiger partial charge in [-0.05, 0) is 30.8 Å². The van der Waals surface area contributed by atoms with Gasteiger partial charge in [0.1, 0.15) is 10.7 Å². The number of hydrogen-bond donors (Lipinski definition) is 1. The number of hydrogen-bond acceptors (Lipinski definition) is 5. The predicted octanol–water partition coefficient (Wildman–Crippen LogP) is 2.33. The molecule has 17 heavy (non-hydrogen) atoms. The summed E-state index contributed by atoms with van der Waals surface area (Å²) < 4.78 is 4.14. The van der Waals surface area contributed by atoms with Crippen LogP contribution in [0, 0.1) is 0 Å². The lowest BCUT2D eigenvalue weighted by Crippen LogP contribution is -2.30. The van der Waals surface area contributed by atoms with Gasteiger partial charge in [0, 0.05) is 19.0 Å². The third-order valence-corrected chi connectivity index (χ3v) is 4.37. The van der Waals surface area contributed by atoms with E-state index in [0.29, 0.717) is 5.92 Å². The van der Waals surface area contributed by atoms with Crippen LogP contribution in [0.25, 0.3) is 0 Å². The van der Waals surface area contributed by atoms with E-state index in [0.717, 1.165) is 25.3 Å². The molecule has 2 heterocycles. The molecule has 4 nitrogen and oxygen atoms in total. The molecule has 1 N–H and O–H groups in total. The van der Waals surface area contributed by atoms with Gasteiger partial charge in [0.05, 0.1) is 5.69 Å². The van der Waals surface area contributed by atoms with E-state index in [1.54, 1.807) is 0 Å². The predicted molar refractivity (Wildman–Crippen MR) is 69.8 cm³/mol. The van der Waals surface area contributed by atoms with Crippen molar-refractivity contribution in [3.05, 3.63) is 10.6 Å². The number of nitrogens with one attached hydrogen (secondary N) is 1. The maximum atomic E-state index is 4.56. The van der Waals surface area contributed by atoms with Gasteiger partial charge in [-0.15, -0.1) is 5.10 Å². The molecule has 5 heteroatoms. The van der Waals surface area contributed by atoms with Gasteiger partial charge in [0.2, 0.25) is 0 Å². The van der Waals surface area contributed by atoms with Crippen LogP contribution < -0.4 is 5.32 Å². The quantitative estimate of drug-likeness (QED) is 0.876. The first-order valence-electron chi connectivity index (χ1n) is 6.56. The second-order valence-corrected chi connectivity index (χ2v) is 5.59. The Morgan fingerprint density at radius 1 is 1.12 bits per heavy atom. The van der Waals surface area contributed by atoms with E-state index in [2.05, 4.69) is 19.9 Å². The third kappa shape index (κ3) is 2.34. The number of rotatable bonds is 2. The molecule has 1 aliphatic heterocycles. The van der Waals surface area contributed by atoms with Gasteiger partial charge in [0.15, 0.2) is 0 Å². The minimum atomic E-state index is 0.615. The maximum Gasteiger partial charge on any atom is 0.142 e. The van der Waals surface area contributed by atoms with Gasteiger partial charge < -0.3 is 5.32 Å². The Labute approximate surface area is 106 Å².